The number of hydrogen-bond donors (Lipinski definition) is 2. The van der Waals surface area contributed by atoms with Crippen LogP contribution in [0.1, 0.15) is 11.1 Å². The molecule has 2 aromatic carbocycles. The number of nitrogens with one attached hydrogen (secondary N) is 1. The molecule has 1 amide bonds. The molecule has 0 saturated heterocycles. The van der Waals surface area contributed by atoms with Crippen LogP contribution < -0.4 is 19.5 Å². The molecule has 6 nitrogen and oxygen atoms in total. The lowest BCUT2D eigenvalue weighted by Gasteiger charge is -2.10. The van der Waals surface area contributed by atoms with Crippen LogP contribution in [0.15, 0.2) is 36.4 Å². The van der Waals surface area contributed by atoms with Crippen LogP contribution in [0.4, 0.5) is 0 Å². The van der Waals surface area contributed by atoms with Crippen molar-refractivity contribution in [3.63, 3.8) is 0 Å². The highest BCUT2D eigenvalue weighted by Crippen LogP contribution is 2.28. The molecule has 0 fully saturated rings. The molecule has 2 aromatic rings. The van der Waals surface area contributed by atoms with Gasteiger partial charge in [0.2, 0.25) is 5.91 Å². The van der Waals surface area contributed by atoms with Gasteiger partial charge in [-0.1, -0.05) is 12.1 Å². The molecule has 0 aliphatic rings. The lowest BCUT2D eigenvalue weighted by atomic mass is 10.1. The number of methoxy groups -OCH3 is 3. The van der Waals surface area contributed by atoms with E-state index in [4.69, 9.17) is 14.2 Å². The van der Waals surface area contributed by atoms with Crippen molar-refractivity contribution in [2.24, 2.45) is 0 Å². The van der Waals surface area contributed by atoms with Crippen LogP contribution in [0, 0.1) is 0 Å². The summed E-state index contributed by atoms with van der Waals surface area (Å²) in [6, 6.07) is 10.6. The standard InChI is InChI=1S/C19H23NO5/c1-23-16-7-5-13(10-18(16)25-3)8-9-20-19(22)12-14-4-6-15(21)17(11-14)24-2/h4-7,10-11,21H,8-9,12H2,1-3H3,(H,20,22). The van der Waals surface area contributed by atoms with Crippen molar-refractivity contribution in [2.45, 2.75) is 12.8 Å². The topological polar surface area (TPSA) is 77.0 Å². The zero-order valence-electron chi connectivity index (χ0n) is 14.7. The third-order valence-corrected chi connectivity index (χ3v) is 3.79. The second-order valence-corrected chi connectivity index (χ2v) is 5.47. The van der Waals surface area contributed by atoms with Gasteiger partial charge in [-0.05, 0) is 41.8 Å². The second-order valence-electron chi connectivity index (χ2n) is 5.47. The van der Waals surface area contributed by atoms with Crippen molar-refractivity contribution in [1.82, 2.24) is 5.32 Å². The molecule has 6 heteroatoms. The molecule has 0 aromatic heterocycles. The summed E-state index contributed by atoms with van der Waals surface area (Å²) >= 11 is 0. The minimum Gasteiger partial charge on any atom is -0.504 e. The number of phenols is 1. The molecule has 2 rings (SSSR count). The zero-order chi connectivity index (χ0) is 18.2. The Morgan fingerprint density at radius 1 is 0.920 bits per heavy atom. The van der Waals surface area contributed by atoms with E-state index in [9.17, 15) is 9.90 Å². The molecule has 0 bridgehead atoms. The number of benzene rings is 2. The van der Waals surface area contributed by atoms with Crippen LogP contribution in [-0.2, 0) is 17.6 Å². The highest BCUT2D eigenvalue weighted by Gasteiger charge is 2.08. The van der Waals surface area contributed by atoms with Crippen molar-refractivity contribution >= 4 is 5.91 Å². The fourth-order valence-corrected chi connectivity index (χ4v) is 2.46. The molecular formula is C19H23NO5. The molecule has 0 radical (unpaired) electrons. The summed E-state index contributed by atoms with van der Waals surface area (Å²) in [6.45, 7) is 0.517. The van der Waals surface area contributed by atoms with Crippen molar-refractivity contribution in [2.75, 3.05) is 27.9 Å². The monoisotopic (exact) mass is 345 g/mol. The summed E-state index contributed by atoms with van der Waals surface area (Å²) in [6.07, 6.45) is 0.910. The Labute approximate surface area is 147 Å². The molecule has 0 aliphatic heterocycles. The third-order valence-electron chi connectivity index (χ3n) is 3.79. The summed E-state index contributed by atoms with van der Waals surface area (Å²) in [5, 5.41) is 12.5. The highest BCUT2D eigenvalue weighted by molar-refractivity contribution is 5.78. The van der Waals surface area contributed by atoms with E-state index in [1.807, 2.05) is 18.2 Å². The summed E-state index contributed by atoms with van der Waals surface area (Å²) in [7, 11) is 4.66. The summed E-state index contributed by atoms with van der Waals surface area (Å²) in [4.78, 5) is 12.1. The van der Waals surface area contributed by atoms with Gasteiger partial charge in [0.25, 0.3) is 0 Å². The number of amides is 1. The number of carbonyl (C=O) groups is 1. The molecule has 0 spiro atoms. The fraction of sp³-hybridized carbons (Fsp3) is 0.316. The van der Waals surface area contributed by atoms with Crippen molar-refractivity contribution in [3.05, 3.63) is 47.5 Å². The van der Waals surface area contributed by atoms with E-state index >= 15 is 0 Å². The Balaban J connectivity index is 1.86. The molecule has 0 atom stereocenters. The van der Waals surface area contributed by atoms with Gasteiger partial charge in [0.15, 0.2) is 23.0 Å². The van der Waals surface area contributed by atoms with E-state index < -0.39 is 0 Å². The van der Waals surface area contributed by atoms with Gasteiger partial charge < -0.3 is 24.6 Å². The normalized spacial score (nSPS) is 10.2. The van der Waals surface area contributed by atoms with Gasteiger partial charge in [0.05, 0.1) is 27.8 Å². The van der Waals surface area contributed by atoms with Gasteiger partial charge in [-0.15, -0.1) is 0 Å². The molecule has 0 saturated carbocycles. The van der Waals surface area contributed by atoms with Crippen LogP contribution in [0.2, 0.25) is 0 Å². The quantitative estimate of drug-likeness (QED) is 0.768. The highest BCUT2D eigenvalue weighted by atomic mass is 16.5. The van der Waals surface area contributed by atoms with Crippen LogP contribution in [-0.4, -0.2) is 38.9 Å². The van der Waals surface area contributed by atoms with E-state index in [1.165, 1.54) is 13.2 Å². The van der Waals surface area contributed by atoms with Crippen LogP contribution in [0.3, 0.4) is 0 Å². The molecule has 134 valence electrons. The summed E-state index contributed by atoms with van der Waals surface area (Å²) < 4.78 is 15.5. The van der Waals surface area contributed by atoms with Crippen molar-refractivity contribution in [1.29, 1.82) is 0 Å². The second kappa shape index (κ2) is 8.82. The maximum atomic E-state index is 12.1. The lowest BCUT2D eigenvalue weighted by Crippen LogP contribution is -2.27. The first-order chi connectivity index (χ1) is 12.1. The van der Waals surface area contributed by atoms with Gasteiger partial charge in [0.1, 0.15) is 0 Å². The van der Waals surface area contributed by atoms with E-state index in [-0.39, 0.29) is 18.1 Å². The molecule has 0 heterocycles. The third kappa shape index (κ3) is 5.04. The number of rotatable bonds is 8. The Kier molecular flexibility index (Phi) is 6.51. The Hall–Kier alpha value is -2.89. The Morgan fingerprint density at radius 2 is 1.56 bits per heavy atom. The number of ether oxygens (including phenoxy) is 3. The van der Waals surface area contributed by atoms with Gasteiger partial charge in [-0.25, -0.2) is 0 Å². The van der Waals surface area contributed by atoms with E-state index in [2.05, 4.69) is 5.32 Å². The Bertz CT molecular complexity index is 730. The first-order valence-corrected chi connectivity index (χ1v) is 7.91. The summed E-state index contributed by atoms with van der Waals surface area (Å²) in [5.41, 5.74) is 1.82. The fourth-order valence-electron chi connectivity index (χ4n) is 2.46. The molecule has 25 heavy (non-hydrogen) atoms. The number of hydrogen-bond acceptors (Lipinski definition) is 5. The Morgan fingerprint density at radius 3 is 2.24 bits per heavy atom. The first kappa shape index (κ1) is 18.4. The van der Waals surface area contributed by atoms with Crippen molar-refractivity contribution in [3.8, 4) is 23.0 Å². The van der Waals surface area contributed by atoms with Crippen LogP contribution in [0.5, 0.6) is 23.0 Å². The van der Waals surface area contributed by atoms with Crippen LogP contribution >= 0.6 is 0 Å². The number of aromatic hydroxyl groups is 1. The predicted octanol–water partition coefficient (Wildman–Crippen LogP) is 2.32. The van der Waals surface area contributed by atoms with Gasteiger partial charge in [0, 0.05) is 6.54 Å². The van der Waals surface area contributed by atoms with Crippen molar-refractivity contribution < 1.29 is 24.1 Å². The lowest BCUT2D eigenvalue weighted by molar-refractivity contribution is -0.120. The minimum absolute atomic E-state index is 0.0557. The molecule has 0 aliphatic carbocycles. The maximum Gasteiger partial charge on any atom is 0.224 e. The van der Waals surface area contributed by atoms with E-state index in [0.717, 1.165) is 11.1 Å². The first-order valence-electron chi connectivity index (χ1n) is 7.91. The molecular weight excluding hydrogens is 322 g/mol. The molecule has 2 N–H and O–H groups in total. The van der Waals surface area contributed by atoms with Gasteiger partial charge in [-0.2, -0.15) is 0 Å². The SMILES string of the molecule is COc1cc(CC(=O)NCCc2ccc(OC)c(OC)c2)ccc1O. The van der Waals surface area contributed by atoms with E-state index in [1.54, 1.807) is 26.4 Å². The number of carbonyl (C=O) groups excluding carboxylic acids is 1. The smallest absolute Gasteiger partial charge is 0.224 e. The average molecular weight is 345 g/mol. The van der Waals surface area contributed by atoms with E-state index in [0.29, 0.717) is 30.2 Å². The number of phenolic OH excluding ortho intramolecular Hbond substituents is 1. The predicted molar refractivity (Wildman–Crippen MR) is 94.6 cm³/mol. The average Bonchev–Trinajstić information content (AvgIpc) is 2.63. The van der Waals surface area contributed by atoms with Gasteiger partial charge in [-0.3, -0.25) is 4.79 Å². The van der Waals surface area contributed by atoms with Gasteiger partial charge >= 0.3 is 0 Å². The maximum absolute atomic E-state index is 12.1. The van der Waals surface area contributed by atoms with Crippen LogP contribution in [0.25, 0.3) is 0 Å². The minimum atomic E-state index is -0.0896. The largest absolute Gasteiger partial charge is 0.504 e. The zero-order valence-corrected chi connectivity index (χ0v) is 14.7. The summed E-state index contributed by atoms with van der Waals surface area (Å²) in [5.74, 6) is 1.67. The molecule has 0 unspecified atom stereocenters.